The quantitative estimate of drug-likeness (QED) is 0.486. The Morgan fingerprint density at radius 1 is 1.19 bits per heavy atom. The smallest absolute Gasteiger partial charge is 0.327 e. The van der Waals surface area contributed by atoms with Gasteiger partial charge in [0.05, 0.1) is 19.0 Å². The third-order valence-electron chi connectivity index (χ3n) is 4.68. The Kier molecular flexibility index (Phi) is 2.55. The Hall–Kier alpha value is -1.88. The van der Waals surface area contributed by atoms with Gasteiger partial charge in [0.25, 0.3) is 0 Å². The van der Waals surface area contributed by atoms with Crippen LogP contribution >= 0.6 is 15.9 Å². The Morgan fingerprint density at radius 3 is 2.56 bits per heavy atom. The second-order valence-electron chi connectivity index (χ2n) is 6.19. The lowest BCUT2D eigenvalue weighted by atomic mass is 9.76. The van der Waals surface area contributed by atoms with Gasteiger partial charge < -0.3 is 29.3 Å². The van der Waals surface area contributed by atoms with E-state index in [1.165, 1.54) is 6.07 Å². The molecule has 1 saturated carbocycles. The minimum absolute atomic E-state index is 0.0143. The van der Waals surface area contributed by atoms with E-state index in [0.717, 1.165) is 13.1 Å². The number of fused-ring (bicyclic) bond motifs is 2. The summed E-state index contributed by atoms with van der Waals surface area (Å²) in [5, 5.41) is 21.9. The number of imide groups is 1. The van der Waals surface area contributed by atoms with Crippen LogP contribution < -0.4 is 9.47 Å². The van der Waals surface area contributed by atoms with Crippen LogP contribution in [0.2, 0.25) is 0 Å². The summed E-state index contributed by atoms with van der Waals surface area (Å²) in [6.45, 7) is -1.06. The molecule has 0 radical (unpaired) electrons. The number of nitrogens with zero attached hydrogens (tertiary/aromatic N) is 2. The summed E-state index contributed by atoms with van der Waals surface area (Å²) in [5.74, 6) is -3.57. The molecule has 1 aromatic carbocycles. The maximum atomic E-state index is 12.9. The highest BCUT2D eigenvalue weighted by molar-refractivity contribution is 9.10. The molecule has 0 bridgehead atoms. The summed E-state index contributed by atoms with van der Waals surface area (Å²) in [6, 6.07) is -2.11. The molecule has 27 heavy (non-hydrogen) atoms. The summed E-state index contributed by atoms with van der Waals surface area (Å²) < 4.78 is 68.0. The van der Waals surface area contributed by atoms with Gasteiger partial charge in [0.2, 0.25) is 12.7 Å². The molecule has 144 valence electrons. The molecule has 2 N–H and O–H groups in total. The van der Waals surface area contributed by atoms with Gasteiger partial charge in [-0.1, -0.05) is 15.9 Å². The molecular formula is C17H17BrN2O7. The fourth-order valence-electron chi connectivity index (χ4n) is 3.24. The molecule has 1 aliphatic carbocycles. The zero-order valence-electron chi connectivity index (χ0n) is 19.8. The van der Waals surface area contributed by atoms with E-state index in [0.29, 0.717) is 9.80 Å². The van der Waals surface area contributed by atoms with Crippen molar-refractivity contribution in [2.24, 2.45) is 0 Å². The molecule has 2 saturated heterocycles. The third kappa shape index (κ3) is 2.40. The molecule has 3 heterocycles. The second-order valence-corrected chi connectivity index (χ2v) is 7.04. The third-order valence-corrected chi connectivity index (χ3v) is 5.34. The largest absolute Gasteiger partial charge is 0.454 e. The number of carbonyl (C=O) groups is 2. The van der Waals surface area contributed by atoms with E-state index in [4.69, 9.17) is 19.7 Å². The van der Waals surface area contributed by atoms with Crippen LogP contribution in [0.4, 0.5) is 4.79 Å². The number of likely N-dealkylation sites (N-methyl/N-ethyl adjacent to an activating group) is 1. The van der Waals surface area contributed by atoms with Gasteiger partial charge in [-0.15, -0.1) is 0 Å². The van der Waals surface area contributed by atoms with E-state index in [1.54, 1.807) is 0 Å². The highest BCUT2D eigenvalue weighted by atomic mass is 79.9. The monoisotopic (exact) mass is 446 g/mol. The summed E-state index contributed by atoms with van der Waals surface area (Å²) in [5.41, 5.74) is -0.332. The molecule has 5 rings (SSSR count). The molecular weight excluding hydrogens is 424 g/mol. The second kappa shape index (κ2) is 5.81. The van der Waals surface area contributed by atoms with Gasteiger partial charge >= 0.3 is 6.03 Å². The van der Waals surface area contributed by atoms with Gasteiger partial charge in [0, 0.05) is 18.8 Å². The number of amides is 3. The minimum Gasteiger partial charge on any atom is -0.454 e. The first-order valence-electron chi connectivity index (χ1n) is 10.9. The zero-order valence-corrected chi connectivity index (χ0v) is 15.4. The lowest BCUT2D eigenvalue weighted by Gasteiger charge is -2.41. The van der Waals surface area contributed by atoms with E-state index >= 15 is 0 Å². The van der Waals surface area contributed by atoms with Crippen LogP contribution in [0.3, 0.4) is 0 Å². The van der Waals surface area contributed by atoms with E-state index in [1.807, 2.05) is 0 Å². The number of hydrogen-bond donors (Lipinski definition) is 2. The fourth-order valence-corrected chi connectivity index (χ4v) is 3.76. The average molecular weight is 447 g/mol. The number of benzene rings is 1. The first-order valence-corrected chi connectivity index (χ1v) is 8.65. The standard InChI is InChI=1S/C17H17BrN2O7/c1-19-10(21)4-20(17(19)24)12-11(15-16(27-15)14(23)13(12)22)6-2-8-9(3-7(6)18)26-5-25-8/h2-3,11-16,22-23H,4-5H2,1H3/t11-,12-,13+,14+,15+,16-/m1/s1/i11D,12D,13D,14D,15D,16D. The van der Waals surface area contributed by atoms with E-state index in [2.05, 4.69) is 15.9 Å². The topological polar surface area (TPSA) is 112 Å². The minimum atomic E-state index is -3.82. The van der Waals surface area contributed by atoms with E-state index < -0.39 is 54.7 Å². The van der Waals surface area contributed by atoms with Crippen LogP contribution in [0.1, 0.15) is 19.7 Å². The van der Waals surface area contributed by atoms with Crippen LogP contribution in [-0.4, -0.2) is 82.7 Å². The number of aliphatic hydroxyl groups is 2. The zero-order chi connectivity index (χ0) is 24.6. The predicted octanol–water partition coefficient (Wildman–Crippen LogP) is 0.0268. The van der Waals surface area contributed by atoms with Crippen LogP contribution in [0.5, 0.6) is 11.5 Å². The molecule has 0 spiro atoms. The molecule has 9 nitrogen and oxygen atoms in total. The molecule has 3 fully saturated rings. The predicted molar refractivity (Wildman–Crippen MR) is 92.3 cm³/mol. The number of rotatable bonds is 2. The first kappa shape index (κ1) is 11.8. The van der Waals surface area contributed by atoms with Crippen molar-refractivity contribution in [2.45, 2.75) is 36.2 Å². The Morgan fingerprint density at radius 2 is 1.89 bits per heavy atom. The van der Waals surface area contributed by atoms with E-state index in [9.17, 15) is 22.5 Å². The van der Waals surface area contributed by atoms with Gasteiger partial charge in [-0.25, -0.2) is 4.79 Å². The highest BCUT2D eigenvalue weighted by Gasteiger charge is 2.63. The lowest BCUT2D eigenvalue weighted by molar-refractivity contribution is -0.125. The Labute approximate surface area is 170 Å². The number of urea groups is 1. The number of ether oxygens (including phenoxy) is 3. The molecule has 1 aromatic rings. The van der Waals surface area contributed by atoms with Crippen molar-refractivity contribution >= 4 is 27.9 Å². The number of hydrogen-bond acceptors (Lipinski definition) is 7. The van der Waals surface area contributed by atoms with Crippen LogP contribution in [0.15, 0.2) is 16.6 Å². The van der Waals surface area contributed by atoms with Crippen molar-refractivity contribution in [2.75, 3.05) is 20.4 Å². The highest BCUT2D eigenvalue weighted by Crippen LogP contribution is 2.52. The van der Waals surface area contributed by atoms with Crippen molar-refractivity contribution in [3.8, 4) is 11.5 Å². The number of carbonyl (C=O) groups excluding carboxylic acids is 2. The van der Waals surface area contributed by atoms with Gasteiger partial charge in [-0.2, -0.15) is 0 Å². The summed E-state index contributed by atoms with van der Waals surface area (Å²) in [4.78, 5) is 26.1. The fraction of sp³-hybridized carbons (Fsp3) is 0.529. The number of halogens is 1. The average Bonchev–Trinajstić information content (AvgIpc) is 3.00. The van der Waals surface area contributed by atoms with Crippen LogP contribution in [0.25, 0.3) is 0 Å². The van der Waals surface area contributed by atoms with Crippen molar-refractivity contribution in [1.82, 2.24) is 9.80 Å². The molecule has 0 unspecified atom stereocenters. The van der Waals surface area contributed by atoms with Crippen molar-refractivity contribution in [1.29, 1.82) is 0 Å². The van der Waals surface area contributed by atoms with Gasteiger partial charge in [0.1, 0.15) is 24.8 Å². The van der Waals surface area contributed by atoms with E-state index in [-0.39, 0.29) is 28.3 Å². The molecule has 3 aliphatic heterocycles. The Bertz CT molecular complexity index is 1140. The summed E-state index contributed by atoms with van der Waals surface area (Å²) in [7, 11) is 1.08. The SMILES string of the molecule is [2H][C@]1(O)[C@@]([2H])(O)[C@]([2H])(N2CC(=O)N(C)C2=O)[C@@]([2H])(c2cc3c(cc2Br)OCO3)[C@]2([2H])O[C@]12[2H]. The number of epoxide rings is 1. The first-order chi connectivity index (χ1) is 15.0. The molecule has 3 amide bonds. The Balaban J connectivity index is 1.85. The normalized spacial score (nSPS) is 56.6. The van der Waals surface area contributed by atoms with Gasteiger partial charge in [-0.05, 0) is 17.7 Å². The van der Waals surface area contributed by atoms with Gasteiger partial charge in [0.15, 0.2) is 11.5 Å². The molecule has 4 aliphatic rings. The molecule has 0 aromatic heterocycles. The maximum absolute atomic E-state index is 12.9. The maximum Gasteiger partial charge on any atom is 0.327 e. The molecule has 6 atom stereocenters. The lowest BCUT2D eigenvalue weighted by Crippen LogP contribution is -2.58. The van der Waals surface area contributed by atoms with Crippen molar-refractivity contribution < 1.29 is 42.2 Å². The van der Waals surface area contributed by atoms with Crippen LogP contribution in [0, 0.1) is 0 Å². The summed E-state index contributed by atoms with van der Waals surface area (Å²) in [6.07, 6.45) is -13.5. The molecule has 10 heteroatoms. The summed E-state index contributed by atoms with van der Waals surface area (Å²) >= 11 is 3.20. The van der Waals surface area contributed by atoms with Crippen LogP contribution in [-0.2, 0) is 9.53 Å². The van der Waals surface area contributed by atoms with Gasteiger partial charge in [-0.3, -0.25) is 9.69 Å². The van der Waals surface area contributed by atoms with Crippen molar-refractivity contribution in [3.63, 3.8) is 0 Å². The van der Waals surface area contributed by atoms with Crippen molar-refractivity contribution in [3.05, 3.63) is 22.2 Å².